The van der Waals surface area contributed by atoms with Gasteiger partial charge in [-0.3, -0.25) is 14.4 Å². The van der Waals surface area contributed by atoms with Gasteiger partial charge < -0.3 is 14.2 Å². The van der Waals surface area contributed by atoms with Crippen LogP contribution in [0.25, 0.3) is 0 Å². The van der Waals surface area contributed by atoms with Crippen LogP contribution in [0.1, 0.15) is 316 Å². The Morgan fingerprint density at radius 3 is 0.794 bits per heavy atom. The van der Waals surface area contributed by atoms with Crippen LogP contribution >= 0.6 is 0 Å². The number of carbonyl (C=O) groups excluding carboxylic acids is 3. The van der Waals surface area contributed by atoms with Gasteiger partial charge in [0.1, 0.15) is 13.2 Å². The number of esters is 3. The van der Waals surface area contributed by atoms with E-state index in [0.717, 1.165) is 64.2 Å². The second-order valence-electron chi connectivity index (χ2n) is 19.2. The molecule has 0 N–H and O–H groups in total. The molecule has 0 aromatic carbocycles. The highest BCUT2D eigenvalue weighted by Gasteiger charge is 2.19. The van der Waals surface area contributed by atoms with E-state index in [1.165, 1.54) is 212 Å². The Hall–Kier alpha value is -1.85. The largest absolute Gasteiger partial charge is 0.462 e. The molecule has 0 radical (unpaired) electrons. The summed E-state index contributed by atoms with van der Waals surface area (Å²) in [5.41, 5.74) is 0. The monoisotopic (exact) mass is 889 g/mol. The van der Waals surface area contributed by atoms with Crippen LogP contribution in [0, 0.1) is 0 Å². The predicted octanol–water partition coefficient (Wildman–Crippen LogP) is 18.5. The molecular weight excluding hydrogens is 781 g/mol. The molecule has 0 bridgehead atoms. The van der Waals surface area contributed by atoms with Crippen molar-refractivity contribution >= 4 is 17.9 Å². The van der Waals surface area contributed by atoms with E-state index in [1.54, 1.807) is 0 Å². The first-order valence-electron chi connectivity index (χ1n) is 28.2. The van der Waals surface area contributed by atoms with Gasteiger partial charge in [0, 0.05) is 19.3 Å². The van der Waals surface area contributed by atoms with Crippen molar-refractivity contribution < 1.29 is 28.6 Å². The lowest BCUT2D eigenvalue weighted by molar-refractivity contribution is -0.167. The van der Waals surface area contributed by atoms with Crippen molar-refractivity contribution in [2.45, 2.75) is 322 Å². The zero-order valence-electron chi connectivity index (χ0n) is 42.6. The molecular formula is C57H108O6. The van der Waals surface area contributed by atoms with Crippen LogP contribution in [0.4, 0.5) is 0 Å². The van der Waals surface area contributed by atoms with E-state index in [0.29, 0.717) is 19.3 Å². The highest BCUT2D eigenvalue weighted by Crippen LogP contribution is 2.17. The fourth-order valence-electron chi connectivity index (χ4n) is 8.50. The third-order valence-electron chi connectivity index (χ3n) is 12.8. The van der Waals surface area contributed by atoms with E-state index in [-0.39, 0.29) is 31.1 Å². The van der Waals surface area contributed by atoms with Crippen LogP contribution in [0.3, 0.4) is 0 Å². The highest BCUT2D eigenvalue weighted by molar-refractivity contribution is 5.71. The predicted molar refractivity (Wildman–Crippen MR) is 270 cm³/mol. The molecule has 0 aliphatic carbocycles. The number of unbranched alkanes of at least 4 members (excludes halogenated alkanes) is 39. The van der Waals surface area contributed by atoms with E-state index in [2.05, 4.69) is 32.9 Å². The van der Waals surface area contributed by atoms with Crippen molar-refractivity contribution in [1.29, 1.82) is 0 Å². The molecule has 372 valence electrons. The summed E-state index contributed by atoms with van der Waals surface area (Å²) in [4.78, 5) is 38.0. The SMILES string of the molecule is CCCCCCCCC=CCCCCCCCC(=O)OC(COC(=O)CCCCCCCCCCCCC)COC(=O)CCCCCCCCCCCCCCCCCCCCC. The minimum atomic E-state index is -0.768. The van der Waals surface area contributed by atoms with Crippen LogP contribution in [0.2, 0.25) is 0 Å². The third kappa shape index (κ3) is 51.0. The van der Waals surface area contributed by atoms with Gasteiger partial charge in [0.2, 0.25) is 0 Å². The highest BCUT2D eigenvalue weighted by atomic mass is 16.6. The van der Waals surface area contributed by atoms with E-state index in [1.807, 2.05) is 0 Å². The molecule has 0 aromatic rings. The van der Waals surface area contributed by atoms with Crippen LogP contribution in [0.5, 0.6) is 0 Å². The molecule has 0 spiro atoms. The second-order valence-corrected chi connectivity index (χ2v) is 19.2. The van der Waals surface area contributed by atoms with E-state index >= 15 is 0 Å². The molecule has 0 saturated carbocycles. The Morgan fingerprint density at radius 1 is 0.302 bits per heavy atom. The number of allylic oxidation sites excluding steroid dienone is 2. The minimum absolute atomic E-state index is 0.0677. The van der Waals surface area contributed by atoms with Crippen molar-refractivity contribution in [3.8, 4) is 0 Å². The summed E-state index contributed by atoms with van der Waals surface area (Å²) in [5.74, 6) is -0.855. The van der Waals surface area contributed by atoms with Crippen LogP contribution in [0.15, 0.2) is 12.2 Å². The Labute approximate surface area is 392 Å². The summed E-state index contributed by atoms with van der Waals surface area (Å²) in [7, 11) is 0. The van der Waals surface area contributed by atoms with Gasteiger partial charge in [0.25, 0.3) is 0 Å². The van der Waals surface area contributed by atoms with E-state index in [9.17, 15) is 14.4 Å². The molecule has 0 aliphatic heterocycles. The molecule has 1 unspecified atom stereocenters. The number of ether oxygens (including phenoxy) is 3. The molecule has 63 heavy (non-hydrogen) atoms. The van der Waals surface area contributed by atoms with Gasteiger partial charge in [-0.15, -0.1) is 0 Å². The summed E-state index contributed by atoms with van der Waals surface area (Å²) >= 11 is 0. The van der Waals surface area contributed by atoms with Gasteiger partial charge in [-0.1, -0.05) is 264 Å². The molecule has 0 fully saturated rings. The van der Waals surface area contributed by atoms with Crippen LogP contribution in [-0.4, -0.2) is 37.2 Å². The molecule has 6 heteroatoms. The molecule has 0 saturated heterocycles. The number of carbonyl (C=O) groups is 3. The summed E-state index contributed by atoms with van der Waals surface area (Å²) in [5, 5.41) is 0. The van der Waals surface area contributed by atoms with E-state index in [4.69, 9.17) is 14.2 Å². The first-order chi connectivity index (χ1) is 31.0. The topological polar surface area (TPSA) is 78.9 Å². The first-order valence-corrected chi connectivity index (χ1v) is 28.2. The normalized spacial score (nSPS) is 12.0. The van der Waals surface area contributed by atoms with E-state index < -0.39 is 6.10 Å². The minimum Gasteiger partial charge on any atom is -0.462 e. The van der Waals surface area contributed by atoms with Crippen LogP contribution < -0.4 is 0 Å². The summed E-state index contributed by atoms with van der Waals surface area (Å²) < 4.78 is 16.8. The maximum atomic E-state index is 12.8. The van der Waals surface area contributed by atoms with Gasteiger partial charge in [0.15, 0.2) is 6.10 Å². The molecule has 0 rings (SSSR count). The Bertz CT molecular complexity index is 978. The zero-order valence-corrected chi connectivity index (χ0v) is 42.6. The average Bonchev–Trinajstić information content (AvgIpc) is 3.28. The summed E-state index contributed by atoms with van der Waals surface area (Å²) in [6, 6.07) is 0. The number of rotatable bonds is 52. The maximum absolute atomic E-state index is 12.8. The van der Waals surface area contributed by atoms with Gasteiger partial charge >= 0.3 is 17.9 Å². The van der Waals surface area contributed by atoms with Crippen LogP contribution in [-0.2, 0) is 28.6 Å². The van der Waals surface area contributed by atoms with Gasteiger partial charge in [0.05, 0.1) is 0 Å². The van der Waals surface area contributed by atoms with Crippen molar-refractivity contribution in [2.75, 3.05) is 13.2 Å². The Morgan fingerprint density at radius 2 is 0.524 bits per heavy atom. The smallest absolute Gasteiger partial charge is 0.306 e. The quantitative estimate of drug-likeness (QED) is 0.0262. The zero-order chi connectivity index (χ0) is 45.8. The molecule has 0 aliphatic rings. The Kier molecular flexibility index (Phi) is 51.2. The van der Waals surface area contributed by atoms with Crippen molar-refractivity contribution in [3.63, 3.8) is 0 Å². The van der Waals surface area contributed by atoms with Crippen molar-refractivity contribution in [3.05, 3.63) is 12.2 Å². The lowest BCUT2D eigenvalue weighted by atomic mass is 10.0. The van der Waals surface area contributed by atoms with Gasteiger partial charge in [-0.2, -0.15) is 0 Å². The van der Waals surface area contributed by atoms with Crippen molar-refractivity contribution in [1.82, 2.24) is 0 Å². The standard InChI is InChI=1S/C57H108O6/c1-4-7-10-13-16-19-22-24-26-27-28-29-31-32-35-38-41-44-47-50-56(59)62-53-54(52-61-55(58)49-46-43-40-37-34-21-18-15-12-9-6-3)63-57(60)51-48-45-42-39-36-33-30-25-23-20-17-14-11-8-5-2/h25,30,54H,4-24,26-29,31-53H2,1-3H3. The molecule has 1 atom stereocenters. The summed E-state index contributed by atoms with van der Waals surface area (Å²) in [6.45, 7) is 6.67. The molecule has 0 aromatic heterocycles. The first kappa shape index (κ1) is 61.1. The molecule has 6 nitrogen and oxygen atoms in total. The van der Waals surface area contributed by atoms with Gasteiger partial charge in [-0.25, -0.2) is 0 Å². The van der Waals surface area contributed by atoms with Crippen molar-refractivity contribution in [2.24, 2.45) is 0 Å². The fraction of sp³-hybridized carbons (Fsp3) is 0.912. The van der Waals surface area contributed by atoms with Gasteiger partial charge in [-0.05, 0) is 44.9 Å². The number of hydrogen-bond acceptors (Lipinski definition) is 6. The average molecular weight is 889 g/mol. The summed E-state index contributed by atoms with van der Waals surface area (Å²) in [6.07, 6.45) is 59.2. The number of hydrogen-bond donors (Lipinski definition) is 0. The maximum Gasteiger partial charge on any atom is 0.306 e. The third-order valence-corrected chi connectivity index (χ3v) is 12.8. The fourth-order valence-corrected chi connectivity index (χ4v) is 8.50. The molecule has 0 amide bonds. The lowest BCUT2D eigenvalue weighted by Gasteiger charge is -2.18. The second kappa shape index (κ2) is 52.8. The Balaban J connectivity index is 4.27. The molecule has 0 heterocycles. The lowest BCUT2D eigenvalue weighted by Crippen LogP contribution is -2.30.